The van der Waals surface area contributed by atoms with Gasteiger partial charge < -0.3 is 39.7 Å². The number of fused-ring (bicyclic) bond motifs is 3. The van der Waals surface area contributed by atoms with E-state index >= 15 is 0 Å². The maximum atomic E-state index is 14.0. The molecule has 5 N–H and O–H groups in total. The van der Waals surface area contributed by atoms with E-state index in [1.54, 1.807) is 31.7 Å². The van der Waals surface area contributed by atoms with Crippen LogP contribution >= 0.6 is 0 Å². The topological polar surface area (TPSA) is 209 Å². The summed E-state index contributed by atoms with van der Waals surface area (Å²) in [4.78, 5) is 51.4. The van der Waals surface area contributed by atoms with Crippen LogP contribution in [0.5, 0.6) is 17.2 Å². The van der Waals surface area contributed by atoms with Crippen molar-refractivity contribution in [1.29, 1.82) is 0 Å². The Morgan fingerprint density at radius 1 is 0.962 bits per heavy atom. The van der Waals surface area contributed by atoms with Gasteiger partial charge in [0, 0.05) is 79.9 Å². The zero-order valence-electron chi connectivity index (χ0n) is 29.0. The lowest BCUT2D eigenvalue weighted by molar-refractivity contribution is -0.259. The first-order valence-electron chi connectivity index (χ1n) is 17.2. The minimum Gasteiger partial charge on any atom is -0.507 e. The van der Waals surface area contributed by atoms with Crippen LogP contribution in [-0.2, 0) is 33.8 Å². The van der Waals surface area contributed by atoms with Crippen molar-refractivity contribution in [3.8, 4) is 17.2 Å². The lowest BCUT2D eigenvalue weighted by Crippen LogP contribution is -2.55. The highest BCUT2D eigenvalue weighted by atomic mass is 16.7. The van der Waals surface area contributed by atoms with Crippen LogP contribution in [0.1, 0.15) is 80.0 Å². The van der Waals surface area contributed by atoms with Crippen LogP contribution < -0.4 is 4.74 Å². The number of hydrogen-bond acceptors (Lipinski definition) is 14. The molecule has 276 valence electrons. The Kier molecular flexibility index (Phi) is 9.84. The number of ether oxygens (including phenoxy) is 3. The van der Waals surface area contributed by atoms with Gasteiger partial charge in [0.1, 0.15) is 29.5 Å². The second-order valence-corrected chi connectivity index (χ2v) is 13.7. The van der Waals surface area contributed by atoms with Crippen LogP contribution in [0.4, 0.5) is 0 Å². The first-order chi connectivity index (χ1) is 25.4. The lowest BCUT2D eigenvalue weighted by atomic mass is 9.72. The van der Waals surface area contributed by atoms with Gasteiger partial charge in [0.2, 0.25) is 5.78 Å². The van der Waals surface area contributed by atoms with E-state index in [0.717, 1.165) is 11.1 Å². The number of Topliss-reactive ketones (excluding diaryl/α,β-unsaturated/α-hetero) is 1. The number of phenols is 2. The number of nitrogens with zero attached hydrogens (tertiary/aromatic N) is 3. The molecule has 1 saturated heterocycles. The largest absolute Gasteiger partial charge is 0.507 e. The van der Waals surface area contributed by atoms with Gasteiger partial charge in [-0.2, -0.15) is 0 Å². The van der Waals surface area contributed by atoms with E-state index in [1.807, 2.05) is 29.2 Å². The molecule has 53 heavy (non-hydrogen) atoms. The summed E-state index contributed by atoms with van der Waals surface area (Å²) in [5, 5.41) is 56.6. The molecule has 0 radical (unpaired) electrons. The second kappa shape index (κ2) is 14.4. The Balaban J connectivity index is 1.29. The van der Waals surface area contributed by atoms with E-state index in [9.17, 15) is 39.9 Å². The fourth-order valence-corrected chi connectivity index (χ4v) is 7.80. The van der Waals surface area contributed by atoms with Crippen LogP contribution in [0.2, 0.25) is 0 Å². The average molecular weight is 726 g/mol. The molecule has 0 bridgehead atoms. The van der Waals surface area contributed by atoms with Crippen molar-refractivity contribution in [3.05, 3.63) is 112 Å². The van der Waals surface area contributed by atoms with E-state index in [2.05, 4.69) is 9.97 Å². The van der Waals surface area contributed by atoms with Gasteiger partial charge in [0.15, 0.2) is 17.9 Å². The number of methoxy groups -OCH3 is 1. The van der Waals surface area contributed by atoms with Gasteiger partial charge in [-0.1, -0.05) is 24.3 Å². The molecule has 2 aliphatic carbocycles. The van der Waals surface area contributed by atoms with Gasteiger partial charge in [0.25, 0.3) is 0 Å². The van der Waals surface area contributed by atoms with Crippen molar-refractivity contribution in [2.24, 2.45) is 0 Å². The van der Waals surface area contributed by atoms with Crippen molar-refractivity contribution in [1.82, 2.24) is 14.9 Å². The lowest BCUT2D eigenvalue weighted by Gasteiger charge is -2.45. The van der Waals surface area contributed by atoms with Crippen molar-refractivity contribution in [3.63, 3.8) is 0 Å². The Morgan fingerprint density at radius 2 is 1.62 bits per heavy atom. The zero-order valence-corrected chi connectivity index (χ0v) is 29.0. The Hall–Kier alpha value is -5.09. The first kappa shape index (κ1) is 36.3. The quantitative estimate of drug-likeness (QED) is 0.131. The Bertz CT molecular complexity index is 2020. The van der Waals surface area contributed by atoms with E-state index in [0.29, 0.717) is 13.1 Å². The van der Waals surface area contributed by atoms with Gasteiger partial charge in [0.05, 0.1) is 42.1 Å². The smallest absolute Gasteiger partial charge is 0.202 e. The molecule has 1 aliphatic heterocycles. The molecule has 2 aromatic carbocycles. The van der Waals surface area contributed by atoms with Crippen molar-refractivity contribution >= 4 is 17.3 Å². The molecule has 0 amide bonds. The summed E-state index contributed by atoms with van der Waals surface area (Å²) in [5.41, 5.74) is -1.93. The predicted octanol–water partition coefficient (Wildman–Crippen LogP) is 2.54. The number of pyridine rings is 2. The molecule has 3 heterocycles. The third-order valence-electron chi connectivity index (χ3n) is 10.4. The number of carbonyl (C=O) groups is 3. The summed E-state index contributed by atoms with van der Waals surface area (Å²) < 4.78 is 18.0. The van der Waals surface area contributed by atoms with Gasteiger partial charge in [-0.15, -0.1) is 0 Å². The normalized spacial score (nSPS) is 25.1. The van der Waals surface area contributed by atoms with Gasteiger partial charge in [-0.3, -0.25) is 29.3 Å². The summed E-state index contributed by atoms with van der Waals surface area (Å²) >= 11 is 0. The number of phenolic OH excluding ortho intramolecular Hbond substituents is 2. The monoisotopic (exact) mass is 725 g/mol. The van der Waals surface area contributed by atoms with Crippen LogP contribution in [0.15, 0.2) is 67.3 Å². The van der Waals surface area contributed by atoms with Gasteiger partial charge in [-0.05, 0) is 36.2 Å². The average Bonchev–Trinajstić information content (AvgIpc) is 3.16. The predicted molar refractivity (Wildman–Crippen MR) is 185 cm³/mol. The molecule has 7 rings (SSSR count). The second-order valence-electron chi connectivity index (χ2n) is 13.7. The number of aliphatic hydroxyl groups is 3. The van der Waals surface area contributed by atoms with Crippen LogP contribution in [0.3, 0.4) is 0 Å². The van der Waals surface area contributed by atoms with Gasteiger partial charge in [-0.25, -0.2) is 0 Å². The van der Waals surface area contributed by atoms with Gasteiger partial charge >= 0.3 is 0 Å². The maximum absolute atomic E-state index is 14.0. The molecule has 4 aromatic rings. The van der Waals surface area contributed by atoms with Crippen LogP contribution in [0.25, 0.3) is 0 Å². The third kappa shape index (κ3) is 6.47. The fraction of sp³-hybridized carbons (Fsp3) is 0.359. The molecule has 2 aromatic heterocycles. The molecule has 6 unspecified atom stereocenters. The molecule has 0 saturated carbocycles. The minimum atomic E-state index is -2.29. The molecule has 0 spiro atoms. The summed E-state index contributed by atoms with van der Waals surface area (Å²) in [6.45, 7) is 1.42. The number of benzene rings is 2. The number of aromatic hydroxyl groups is 2. The molecular weight excluding hydrogens is 686 g/mol. The zero-order chi connectivity index (χ0) is 37.6. The van der Waals surface area contributed by atoms with E-state index < -0.39 is 95.7 Å². The van der Waals surface area contributed by atoms with Crippen LogP contribution in [-0.4, -0.2) is 102 Å². The Morgan fingerprint density at radius 3 is 2.23 bits per heavy atom. The number of carbonyl (C=O) groups excluding carboxylic acids is 3. The summed E-state index contributed by atoms with van der Waals surface area (Å²) in [5.74, 6) is -3.80. The minimum absolute atomic E-state index is 0.0573. The number of aromatic nitrogens is 2. The molecule has 3 aliphatic rings. The van der Waals surface area contributed by atoms with E-state index in [4.69, 9.17) is 14.2 Å². The third-order valence-corrected chi connectivity index (χ3v) is 10.4. The molecule has 6 atom stereocenters. The molecule has 1 fully saturated rings. The standard InChI is InChI=1S/C39H39N3O11/c1-20-34(45)25(42(17-21-6-4-10-40-15-21)18-22-7-5-11-41-16-22)12-29(52-20)53-27-14-39(50,28(44)19-43)13-24-31(27)38(49)33-32(36(24)47)35(46)23-8-3-9-26(51-2)30(23)37(33)48/h3-11,15-16,20,25,27,29,34,43,45,47,49-50H,12-14,17-19H2,1-2H3. The summed E-state index contributed by atoms with van der Waals surface area (Å²) in [6.07, 6.45) is 1.51. The molecule has 14 nitrogen and oxygen atoms in total. The highest BCUT2D eigenvalue weighted by Gasteiger charge is 2.50. The number of aliphatic hydroxyl groups excluding tert-OH is 2. The van der Waals surface area contributed by atoms with Crippen molar-refractivity contribution in [2.75, 3.05) is 13.7 Å². The first-order valence-corrected chi connectivity index (χ1v) is 17.2. The highest BCUT2D eigenvalue weighted by Crippen LogP contribution is 2.52. The molecule has 14 heteroatoms. The Labute approximate surface area is 304 Å². The van der Waals surface area contributed by atoms with Crippen molar-refractivity contribution < 1.29 is 54.1 Å². The number of ketones is 3. The molecular formula is C39H39N3O11. The maximum Gasteiger partial charge on any atom is 0.202 e. The van der Waals surface area contributed by atoms with Crippen LogP contribution in [0, 0.1) is 0 Å². The number of rotatable bonds is 10. The van der Waals surface area contributed by atoms with Crippen molar-refractivity contribution in [2.45, 2.75) is 75.5 Å². The summed E-state index contributed by atoms with van der Waals surface area (Å²) in [6, 6.07) is 11.3. The van der Waals surface area contributed by atoms with E-state index in [-0.39, 0.29) is 34.4 Å². The SMILES string of the molecule is COc1cccc2c1C(=O)c1c(O)c3c(c(O)c1C2=O)CC(O)(C(=O)CO)CC3OC1CC(N(Cc2cccnc2)Cc2cccnc2)C(O)C(C)O1. The fourth-order valence-electron chi connectivity index (χ4n) is 7.80. The van der Waals surface area contributed by atoms with E-state index in [1.165, 1.54) is 25.3 Å². The number of hydrogen-bond donors (Lipinski definition) is 5. The summed E-state index contributed by atoms with van der Waals surface area (Å²) in [7, 11) is 1.33. The highest BCUT2D eigenvalue weighted by molar-refractivity contribution is 6.31.